The zero-order valence-electron chi connectivity index (χ0n) is 7.35. The Hall–Kier alpha value is -1.58. The van der Waals surface area contributed by atoms with Crippen molar-refractivity contribution in [3.8, 4) is 5.88 Å². The van der Waals surface area contributed by atoms with Gasteiger partial charge in [-0.15, -0.1) is 0 Å². The molecule has 0 amide bonds. The van der Waals surface area contributed by atoms with Gasteiger partial charge in [0.15, 0.2) is 5.88 Å². The molecule has 1 heterocycles. The van der Waals surface area contributed by atoms with Crippen molar-refractivity contribution < 1.29 is 13.9 Å². The molecule has 0 spiro atoms. The maximum absolute atomic E-state index is 12.6. The van der Waals surface area contributed by atoms with Gasteiger partial charge in [-0.05, 0) is 17.7 Å². The van der Waals surface area contributed by atoms with Crippen molar-refractivity contribution in [1.82, 2.24) is 4.98 Å². The van der Waals surface area contributed by atoms with Crippen molar-refractivity contribution in [1.29, 1.82) is 0 Å². The lowest BCUT2D eigenvalue weighted by atomic mass is 10.1. The van der Waals surface area contributed by atoms with Gasteiger partial charge in [-0.25, -0.2) is 8.78 Å². The van der Waals surface area contributed by atoms with Crippen LogP contribution < -0.4 is 0 Å². The summed E-state index contributed by atoms with van der Waals surface area (Å²) >= 11 is 0. The van der Waals surface area contributed by atoms with Crippen LogP contribution >= 0.6 is 0 Å². The van der Waals surface area contributed by atoms with Crippen LogP contribution in [-0.2, 0) is 13.3 Å². The number of H-pyrrole nitrogens is 1. The van der Waals surface area contributed by atoms with Crippen LogP contribution in [0.3, 0.4) is 0 Å². The Bertz CT molecular complexity index is 464. The third kappa shape index (κ3) is 1.32. The third-order valence-corrected chi connectivity index (χ3v) is 2.15. The monoisotopic (exact) mass is 197 g/mol. The molecule has 4 heteroatoms. The van der Waals surface area contributed by atoms with E-state index in [-0.39, 0.29) is 5.88 Å². The minimum Gasteiger partial charge on any atom is -0.495 e. The smallest absolute Gasteiger partial charge is 0.189 e. The molecule has 2 N–H and O–H groups in total. The molecule has 2 rings (SSSR count). The van der Waals surface area contributed by atoms with Gasteiger partial charge >= 0.3 is 0 Å². The van der Waals surface area contributed by atoms with E-state index in [0.29, 0.717) is 22.0 Å². The minimum atomic E-state index is -0.676. The first-order valence-corrected chi connectivity index (χ1v) is 4.20. The Kier molecular flexibility index (Phi) is 2.11. The van der Waals surface area contributed by atoms with Crippen LogP contribution in [0, 0.1) is 0 Å². The number of halogens is 2. The second-order valence-corrected chi connectivity index (χ2v) is 3.14. The summed E-state index contributed by atoms with van der Waals surface area (Å²) in [5, 5.41) is 9.80. The van der Waals surface area contributed by atoms with Crippen molar-refractivity contribution in [3.05, 3.63) is 29.3 Å². The van der Waals surface area contributed by atoms with Crippen LogP contribution in [0.1, 0.15) is 11.1 Å². The Labute approximate surface area is 79.2 Å². The predicted octanol–water partition coefficient (Wildman–Crippen LogP) is 2.81. The maximum atomic E-state index is 12.6. The Balaban J connectivity index is 2.72. The Morgan fingerprint density at radius 1 is 1.14 bits per heavy atom. The van der Waals surface area contributed by atoms with Crippen molar-refractivity contribution in [2.75, 3.05) is 0 Å². The number of aromatic amines is 1. The zero-order chi connectivity index (χ0) is 10.1. The number of rotatable bonds is 2. The van der Waals surface area contributed by atoms with Crippen LogP contribution in [-0.4, -0.2) is 10.1 Å². The number of benzene rings is 1. The van der Waals surface area contributed by atoms with Crippen LogP contribution in [0.5, 0.6) is 5.88 Å². The van der Waals surface area contributed by atoms with Gasteiger partial charge in [0.05, 0.1) is 5.52 Å². The summed E-state index contributed by atoms with van der Waals surface area (Å²) in [5.41, 5.74) is 1.32. The minimum absolute atomic E-state index is 0.0364. The van der Waals surface area contributed by atoms with Crippen LogP contribution in [0.15, 0.2) is 18.2 Å². The van der Waals surface area contributed by atoms with Crippen molar-refractivity contribution >= 4 is 10.9 Å². The standard InChI is InChI=1S/C10H9F2NO/c11-4-6-1-7-3-9(14)13-10(7)8(2-6)5-12/h1-3,13-14H,4-5H2. The molecular weight excluding hydrogens is 188 g/mol. The second-order valence-electron chi connectivity index (χ2n) is 3.14. The zero-order valence-corrected chi connectivity index (χ0v) is 7.35. The fourth-order valence-electron chi connectivity index (χ4n) is 1.56. The molecule has 0 bridgehead atoms. The van der Waals surface area contributed by atoms with Gasteiger partial charge in [0.25, 0.3) is 0 Å². The molecule has 0 aliphatic rings. The van der Waals surface area contributed by atoms with E-state index in [4.69, 9.17) is 5.11 Å². The molecule has 2 aromatic rings. The lowest BCUT2D eigenvalue weighted by Gasteiger charge is -2.00. The molecule has 0 aliphatic carbocycles. The van der Waals surface area contributed by atoms with Crippen molar-refractivity contribution in [2.24, 2.45) is 0 Å². The summed E-state index contributed by atoms with van der Waals surface area (Å²) in [6.07, 6.45) is 0. The highest BCUT2D eigenvalue weighted by Crippen LogP contribution is 2.25. The van der Waals surface area contributed by atoms with Gasteiger partial charge < -0.3 is 10.1 Å². The number of hydrogen-bond acceptors (Lipinski definition) is 1. The SMILES string of the molecule is Oc1cc2cc(CF)cc(CF)c2[nH]1. The molecule has 74 valence electrons. The molecule has 0 radical (unpaired) electrons. The first-order chi connectivity index (χ1) is 6.74. The molecule has 0 saturated heterocycles. The van der Waals surface area contributed by atoms with Crippen molar-refractivity contribution in [3.63, 3.8) is 0 Å². The van der Waals surface area contributed by atoms with E-state index >= 15 is 0 Å². The molecule has 0 fully saturated rings. The maximum Gasteiger partial charge on any atom is 0.189 e. The Morgan fingerprint density at radius 3 is 2.57 bits per heavy atom. The molecule has 14 heavy (non-hydrogen) atoms. The van der Waals surface area contributed by atoms with Crippen LogP contribution in [0.25, 0.3) is 10.9 Å². The van der Waals surface area contributed by atoms with Gasteiger partial charge in [-0.1, -0.05) is 0 Å². The summed E-state index contributed by atoms with van der Waals surface area (Å²) in [4.78, 5) is 2.62. The number of alkyl halides is 2. The van der Waals surface area contributed by atoms with E-state index in [9.17, 15) is 8.78 Å². The van der Waals surface area contributed by atoms with Crippen LogP contribution in [0.2, 0.25) is 0 Å². The lowest BCUT2D eigenvalue weighted by Crippen LogP contribution is -1.86. The van der Waals surface area contributed by atoms with E-state index in [0.717, 1.165) is 0 Å². The molecule has 0 atom stereocenters. The molecular formula is C10H9F2NO. The number of aromatic hydroxyl groups is 1. The summed E-state index contributed by atoms with van der Waals surface area (Å²) in [6.45, 7) is -1.31. The number of nitrogens with one attached hydrogen (secondary N) is 1. The average Bonchev–Trinajstić information content (AvgIpc) is 2.56. The fraction of sp³-hybridized carbons (Fsp3) is 0.200. The predicted molar refractivity (Wildman–Crippen MR) is 49.6 cm³/mol. The van der Waals surface area contributed by atoms with E-state index in [2.05, 4.69) is 4.98 Å². The van der Waals surface area contributed by atoms with E-state index in [1.165, 1.54) is 12.1 Å². The van der Waals surface area contributed by atoms with Crippen molar-refractivity contribution in [2.45, 2.75) is 13.3 Å². The molecule has 0 unspecified atom stereocenters. The van der Waals surface area contributed by atoms with Gasteiger partial charge in [-0.3, -0.25) is 0 Å². The number of aromatic nitrogens is 1. The Morgan fingerprint density at radius 2 is 1.93 bits per heavy atom. The molecule has 1 aromatic heterocycles. The van der Waals surface area contributed by atoms with E-state index in [1.807, 2.05) is 0 Å². The molecule has 0 saturated carbocycles. The summed E-state index contributed by atoms with van der Waals surface area (Å²) in [6, 6.07) is 4.50. The molecule has 1 aromatic carbocycles. The van der Waals surface area contributed by atoms with Crippen LogP contribution in [0.4, 0.5) is 8.78 Å². The quantitative estimate of drug-likeness (QED) is 0.762. The fourth-order valence-corrected chi connectivity index (χ4v) is 1.56. The highest BCUT2D eigenvalue weighted by atomic mass is 19.1. The lowest BCUT2D eigenvalue weighted by molar-refractivity contribution is 0.457. The normalized spacial score (nSPS) is 11.0. The highest BCUT2D eigenvalue weighted by molar-refractivity contribution is 5.85. The first kappa shape index (κ1) is 8.99. The largest absolute Gasteiger partial charge is 0.495 e. The molecule has 0 aliphatic heterocycles. The third-order valence-electron chi connectivity index (χ3n) is 2.15. The van der Waals surface area contributed by atoms with Gasteiger partial charge in [-0.2, -0.15) is 0 Å². The number of hydrogen-bond donors (Lipinski definition) is 2. The van der Waals surface area contributed by atoms with E-state index < -0.39 is 13.3 Å². The first-order valence-electron chi connectivity index (χ1n) is 4.20. The topological polar surface area (TPSA) is 36.0 Å². The molecule has 2 nitrogen and oxygen atoms in total. The second kappa shape index (κ2) is 3.29. The average molecular weight is 197 g/mol. The summed E-state index contributed by atoms with van der Waals surface area (Å²) < 4.78 is 24.9. The van der Waals surface area contributed by atoms with Gasteiger partial charge in [0, 0.05) is 17.0 Å². The summed E-state index contributed by atoms with van der Waals surface area (Å²) in [7, 11) is 0. The van der Waals surface area contributed by atoms with Gasteiger partial charge in [0.2, 0.25) is 0 Å². The highest BCUT2D eigenvalue weighted by Gasteiger charge is 2.07. The number of fused-ring (bicyclic) bond motifs is 1. The summed E-state index contributed by atoms with van der Waals surface area (Å²) in [5.74, 6) is -0.0364. The van der Waals surface area contributed by atoms with E-state index in [1.54, 1.807) is 6.07 Å². The van der Waals surface area contributed by atoms with Gasteiger partial charge in [0.1, 0.15) is 13.3 Å².